The zero-order chi connectivity index (χ0) is 36.1. The third kappa shape index (κ3) is 11.3. The van der Waals surface area contributed by atoms with Crippen LogP contribution in [0.5, 0.6) is 5.75 Å². The van der Waals surface area contributed by atoms with Gasteiger partial charge in [0.1, 0.15) is 30.6 Å². The number of hydrogen-bond acceptors (Lipinski definition) is 7. The molecule has 51 heavy (non-hydrogen) atoms. The van der Waals surface area contributed by atoms with E-state index in [9.17, 15) is 14.4 Å². The van der Waals surface area contributed by atoms with Crippen molar-refractivity contribution in [3.63, 3.8) is 0 Å². The number of carbonyl (C=O) groups excluding carboxylic acids is 3. The van der Waals surface area contributed by atoms with Gasteiger partial charge in [0.25, 0.3) is 0 Å². The van der Waals surface area contributed by atoms with Crippen molar-refractivity contribution >= 4 is 18.1 Å². The summed E-state index contributed by atoms with van der Waals surface area (Å²) in [4.78, 5) is 42.5. The summed E-state index contributed by atoms with van der Waals surface area (Å²) >= 11 is 0. The molecule has 0 saturated heterocycles. The number of aromatic nitrogens is 1. The van der Waals surface area contributed by atoms with Crippen molar-refractivity contribution in [3.8, 4) is 16.9 Å². The van der Waals surface area contributed by atoms with Crippen LogP contribution < -0.4 is 20.7 Å². The molecule has 1 heterocycles. The average Bonchev–Trinajstić information content (AvgIpc) is 3.44. The summed E-state index contributed by atoms with van der Waals surface area (Å²) in [6.07, 6.45) is 6.00. The van der Waals surface area contributed by atoms with E-state index in [2.05, 4.69) is 45.2 Å². The van der Waals surface area contributed by atoms with Gasteiger partial charge in [-0.25, -0.2) is 9.59 Å². The van der Waals surface area contributed by atoms with Crippen molar-refractivity contribution in [1.29, 1.82) is 0 Å². The van der Waals surface area contributed by atoms with E-state index >= 15 is 0 Å². The van der Waals surface area contributed by atoms with Crippen molar-refractivity contribution in [2.24, 2.45) is 0 Å². The highest BCUT2D eigenvalue weighted by Gasteiger charge is 2.30. The Balaban J connectivity index is 1.13. The summed E-state index contributed by atoms with van der Waals surface area (Å²) in [6, 6.07) is 26.8. The summed E-state index contributed by atoms with van der Waals surface area (Å²) < 4.78 is 16.9. The molecule has 4 aromatic rings. The third-order valence-corrected chi connectivity index (χ3v) is 8.54. The van der Waals surface area contributed by atoms with E-state index in [4.69, 9.17) is 14.2 Å². The van der Waals surface area contributed by atoms with Crippen LogP contribution in [0.25, 0.3) is 11.1 Å². The predicted molar refractivity (Wildman–Crippen MR) is 196 cm³/mol. The van der Waals surface area contributed by atoms with Crippen LogP contribution in [0.15, 0.2) is 97.3 Å². The molecule has 10 nitrogen and oxygen atoms in total. The number of rotatable bonds is 16. The molecule has 268 valence electrons. The predicted octanol–water partition coefficient (Wildman–Crippen LogP) is 7.31. The van der Waals surface area contributed by atoms with E-state index < -0.39 is 23.8 Å². The molecule has 0 aliphatic heterocycles. The largest absolute Gasteiger partial charge is 0.489 e. The molecule has 0 fully saturated rings. The number of nitrogens with zero attached hydrogens (tertiary/aromatic N) is 1. The smallest absolute Gasteiger partial charge is 0.407 e. The van der Waals surface area contributed by atoms with E-state index in [0.717, 1.165) is 59.1 Å². The van der Waals surface area contributed by atoms with Gasteiger partial charge in [-0.1, -0.05) is 73.5 Å². The highest BCUT2D eigenvalue weighted by Crippen LogP contribution is 2.44. The van der Waals surface area contributed by atoms with Crippen LogP contribution in [-0.2, 0) is 27.3 Å². The molecule has 3 N–H and O–H groups in total. The first-order chi connectivity index (χ1) is 24.7. The number of fused-ring (bicyclic) bond motifs is 3. The van der Waals surface area contributed by atoms with Gasteiger partial charge in [-0.15, -0.1) is 0 Å². The van der Waals surface area contributed by atoms with Crippen LogP contribution in [-0.4, -0.2) is 54.4 Å². The van der Waals surface area contributed by atoms with E-state index in [-0.39, 0.29) is 24.9 Å². The molecule has 0 radical (unpaired) electrons. The van der Waals surface area contributed by atoms with Gasteiger partial charge in [0.15, 0.2) is 0 Å². The second-order valence-electron chi connectivity index (χ2n) is 13.6. The lowest BCUT2D eigenvalue weighted by molar-refractivity contribution is -0.123. The number of benzene rings is 3. The molecule has 1 aliphatic carbocycles. The number of hydrogen-bond donors (Lipinski definition) is 3. The van der Waals surface area contributed by atoms with E-state index in [1.807, 2.05) is 81.4 Å². The first-order valence-corrected chi connectivity index (χ1v) is 17.6. The highest BCUT2D eigenvalue weighted by molar-refractivity contribution is 5.86. The molecule has 5 rings (SSSR count). The Morgan fingerprint density at radius 3 is 1.96 bits per heavy atom. The number of carbonyl (C=O) groups is 3. The van der Waals surface area contributed by atoms with Gasteiger partial charge >= 0.3 is 12.2 Å². The standard InChI is InChI=1S/C41H48N4O6/c1-41(2,3)51-39(47)44-23-11-5-4-10-22-43-38(46)37(26-29-16-18-31(19-17-29)49-27-30-20-24-42-25-21-30)45-40(48)50-28-36-34-14-8-6-12-32(34)33-13-7-9-15-35(33)36/h6-9,12-21,24-25,36-37H,4-5,10-11,22-23,26-28H2,1-3H3,(H,43,46)(H,44,47)(H,45,48)/t37-/m0/s1. The fourth-order valence-corrected chi connectivity index (χ4v) is 6.04. The van der Waals surface area contributed by atoms with Gasteiger partial charge in [0.2, 0.25) is 5.91 Å². The van der Waals surface area contributed by atoms with E-state index in [1.165, 1.54) is 0 Å². The summed E-state index contributed by atoms with van der Waals surface area (Å²) in [7, 11) is 0. The molecule has 0 saturated carbocycles. The van der Waals surface area contributed by atoms with Crippen molar-refractivity contribution in [2.45, 2.75) is 77.0 Å². The van der Waals surface area contributed by atoms with Crippen molar-refractivity contribution in [2.75, 3.05) is 19.7 Å². The Hall–Kier alpha value is -5.38. The third-order valence-electron chi connectivity index (χ3n) is 8.54. The summed E-state index contributed by atoms with van der Waals surface area (Å²) in [5.74, 6) is 0.324. The van der Waals surface area contributed by atoms with Gasteiger partial charge in [-0.3, -0.25) is 9.78 Å². The topological polar surface area (TPSA) is 128 Å². The fraction of sp³-hybridized carbons (Fsp3) is 0.366. The van der Waals surface area contributed by atoms with Crippen LogP contribution in [0, 0.1) is 0 Å². The van der Waals surface area contributed by atoms with Crippen LogP contribution in [0.4, 0.5) is 9.59 Å². The molecule has 3 aromatic carbocycles. The molecule has 1 aromatic heterocycles. The number of ether oxygens (including phenoxy) is 3. The molecule has 1 aliphatic rings. The second kappa shape index (κ2) is 18.0. The number of nitrogens with one attached hydrogen (secondary N) is 3. The Kier molecular flexibility index (Phi) is 13.0. The SMILES string of the molecule is CC(C)(C)OC(=O)NCCCCCCNC(=O)[C@H](Cc1ccc(OCc2ccncc2)cc1)NC(=O)OCC1c2ccccc2-c2ccccc21. The Morgan fingerprint density at radius 1 is 0.725 bits per heavy atom. The van der Waals surface area contributed by atoms with Gasteiger partial charge in [0.05, 0.1) is 0 Å². The lowest BCUT2D eigenvalue weighted by atomic mass is 9.98. The van der Waals surface area contributed by atoms with Gasteiger partial charge in [-0.2, -0.15) is 0 Å². The fourth-order valence-electron chi connectivity index (χ4n) is 6.04. The number of amides is 3. The lowest BCUT2D eigenvalue weighted by Gasteiger charge is -2.20. The maximum absolute atomic E-state index is 13.4. The molecule has 3 amide bonds. The average molecular weight is 693 g/mol. The zero-order valence-electron chi connectivity index (χ0n) is 29.7. The highest BCUT2D eigenvalue weighted by atomic mass is 16.6. The maximum atomic E-state index is 13.4. The Morgan fingerprint density at radius 2 is 1.33 bits per heavy atom. The quantitative estimate of drug-likeness (QED) is 0.105. The van der Waals surface area contributed by atoms with Crippen LogP contribution in [0.3, 0.4) is 0 Å². The Bertz CT molecular complexity index is 1690. The molecule has 1 atom stereocenters. The minimum atomic E-state index is -0.845. The molecule has 10 heteroatoms. The first kappa shape index (κ1) is 36.9. The zero-order valence-corrected chi connectivity index (χ0v) is 29.7. The van der Waals surface area contributed by atoms with Gasteiger partial charge in [-0.05, 0) is 91.3 Å². The van der Waals surface area contributed by atoms with E-state index in [1.54, 1.807) is 12.4 Å². The first-order valence-electron chi connectivity index (χ1n) is 17.6. The molecule has 0 unspecified atom stereocenters. The monoisotopic (exact) mass is 692 g/mol. The number of unbranched alkanes of at least 4 members (excludes halogenated alkanes) is 3. The molecule has 0 spiro atoms. The minimum absolute atomic E-state index is 0.0885. The molecule has 0 bridgehead atoms. The summed E-state index contributed by atoms with van der Waals surface area (Å²) in [6.45, 7) is 7.04. The van der Waals surface area contributed by atoms with Crippen LogP contribution in [0.1, 0.15) is 74.6 Å². The van der Waals surface area contributed by atoms with Gasteiger partial charge < -0.3 is 30.2 Å². The molecular weight excluding hydrogens is 644 g/mol. The minimum Gasteiger partial charge on any atom is -0.489 e. The molecular formula is C41H48N4O6. The lowest BCUT2D eigenvalue weighted by Crippen LogP contribution is -2.48. The maximum Gasteiger partial charge on any atom is 0.407 e. The van der Waals surface area contributed by atoms with Crippen molar-refractivity contribution < 1.29 is 28.6 Å². The van der Waals surface area contributed by atoms with Crippen LogP contribution >= 0.6 is 0 Å². The van der Waals surface area contributed by atoms with Crippen molar-refractivity contribution in [3.05, 3.63) is 120 Å². The number of alkyl carbamates (subject to hydrolysis) is 2. The van der Waals surface area contributed by atoms with Crippen molar-refractivity contribution in [1.82, 2.24) is 20.9 Å². The normalized spacial score (nSPS) is 12.6. The Labute approximate surface area is 300 Å². The summed E-state index contributed by atoms with van der Waals surface area (Å²) in [5.41, 5.74) is 5.87. The van der Waals surface area contributed by atoms with Crippen LogP contribution in [0.2, 0.25) is 0 Å². The van der Waals surface area contributed by atoms with Gasteiger partial charge in [0, 0.05) is 37.8 Å². The summed E-state index contributed by atoms with van der Waals surface area (Å²) in [5, 5.41) is 8.59. The van der Waals surface area contributed by atoms with E-state index in [0.29, 0.717) is 25.4 Å². The second-order valence-corrected chi connectivity index (χ2v) is 13.6. The number of pyridine rings is 1.